The van der Waals surface area contributed by atoms with Crippen LogP contribution in [0.1, 0.15) is 5.56 Å². The molecular formula is C7H11N3O2. The fraction of sp³-hybridized carbons (Fsp3) is 0.429. The Morgan fingerprint density at radius 3 is 2.92 bits per heavy atom. The highest BCUT2D eigenvalue weighted by Crippen LogP contribution is 2.09. The summed E-state index contributed by atoms with van der Waals surface area (Å²) in [7, 11) is 3.06. The zero-order valence-corrected chi connectivity index (χ0v) is 7.07. The lowest BCUT2D eigenvalue weighted by atomic mass is 10.2. The summed E-state index contributed by atoms with van der Waals surface area (Å²) >= 11 is 0. The highest BCUT2D eigenvalue weighted by atomic mass is 16.5. The fourth-order valence-electron chi connectivity index (χ4n) is 0.856. The zero-order valence-electron chi connectivity index (χ0n) is 7.07. The molecule has 0 saturated heterocycles. The Morgan fingerprint density at radius 1 is 1.83 bits per heavy atom. The van der Waals surface area contributed by atoms with Gasteiger partial charge in [0.1, 0.15) is 5.82 Å². The second-order valence-corrected chi connectivity index (χ2v) is 2.43. The van der Waals surface area contributed by atoms with Crippen LogP contribution in [0.2, 0.25) is 0 Å². The Hall–Kier alpha value is -1.52. The van der Waals surface area contributed by atoms with E-state index < -0.39 is 0 Å². The number of hydrogen-bond acceptors (Lipinski definition) is 4. The molecule has 0 aliphatic heterocycles. The number of anilines is 1. The van der Waals surface area contributed by atoms with Crippen LogP contribution in [0.25, 0.3) is 0 Å². The van der Waals surface area contributed by atoms with Gasteiger partial charge in [0.05, 0.1) is 19.7 Å². The SMILES string of the molecule is COC(=O)Cc1cnn(C)c1N. The fourth-order valence-corrected chi connectivity index (χ4v) is 0.856. The van der Waals surface area contributed by atoms with Gasteiger partial charge >= 0.3 is 5.97 Å². The number of carbonyl (C=O) groups is 1. The summed E-state index contributed by atoms with van der Waals surface area (Å²) in [6.45, 7) is 0. The Labute approximate surface area is 70.1 Å². The predicted molar refractivity (Wildman–Crippen MR) is 43.3 cm³/mol. The van der Waals surface area contributed by atoms with Crippen molar-refractivity contribution in [3.8, 4) is 0 Å². The lowest BCUT2D eigenvalue weighted by Crippen LogP contribution is -2.06. The number of aryl methyl sites for hydroxylation is 1. The number of methoxy groups -OCH3 is 1. The molecule has 1 heterocycles. The van der Waals surface area contributed by atoms with Crippen molar-refractivity contribution < 1.29 is 9.53 Å². The first kappa shape index (κ1) is 8.58. The van der Waals surface area contributed by atoms with Gasteiger partial charge in [-0.3, -0.25) is 9.48 Å². The topological polar surface area (TPSA) is 70.1 Å². The third-order valence-corrected chi connectivity index (χ3v) is 1.63. The van der Waals surface area contributed by atoms with Gasteiger partial charge < -0.3 is 10.5 Å². The molecule has 0 aromatic carbocycles. The van der Waals surface area contributed by atoms with E-state index in [2.05, 4.69) is 9.84 Å². The molecule has 1 aromatic heterocycles. The minimum absolute atomic E-state index is 0.177. The van der Waals surface area contributed by atoms with Gasteiger partial charge in [0.25, 0.3) is 0 Å². The predicted octanol–water partition coefficient (Wildman–Crippen LogP) is -0.282. The summed E-state index contributed by atoms with van der Waals surface area (Å²) in [5.74, 6) is 0.190. The second kappa shape index (κ2) is 3.25. The van der Waals surface area contributed by atoms with Crippen LogP contribution < -0.4 is 5.73 Å². The molecule has 0 aliphatic rings. The molecule has 0 amide bonds. The van der Waals surface area contributed by atoms with E-state index in [1.807, 2.05) is 0 Å². The number of aromatic nitrogens is 2. The minimum Gasteiger partial charge on any atom is -0.469 e. The van der Waals surface area contributed by atoms with Gasteiger partial charge in [-0.2, -0.15) is 5.10 Å². The molecule has 0 atom stereocenters. The standard InChI is InChI=1S/C7H11N3O2/c1-10-7(8)5(4-9-10)3-6(11)12-2/h4H,3,8H2,1-2H3. The highest BCUT2D eigenvalue weighted by Gasteiger charge is 2.09. The van der Waals surface area contributed by atoms with Crippen molar-refractivity contribution in [3.63, 3.8) is 0 Å². The van der Waals surface area contributed by atoms with E-state index in [-0.39, 0.29) is 12.4 Å². The van der Waals surface area contributed by atoms with Crippen molar-refractivity contribution in [1.29, 1.82) is 0 Å². The molecule has 0 aliphatic carbocycles. The van der Waals surface area contributed by atoms with Gasteiger partial charge in [0.2, 0.25) is 0 Å². The molecule has 12 heavy (non-hydrogen) atoms. The van der Waals surface area contributed by atoms with E-state index in [0.717, 1.165) is 0 Å². The second-order valence-electron chi connectivity index (χ2n) is 2.43. The Balaban J connectivity index is 2.76. The number of nitrogen functional groups attached to an aromatic ring is 1. The Kier molecular flexibility index (Phi) is 2.32. The average Bonchev–Trinajstić information content (AvgIpc) is 2.36. The monoisotopic (exact) mass is 169 g/mol. The van der Waals surface area contributed by atoms with Gasteiger partial charge in [-0.05, 0) is 0 Å². The summed E-state index contributed by atoms with van der Waals surface area (Å²) in [4.78, 5) is 10.8. The van der Waals surface area contributed by atoms with E-state index in [1.54, 1.807) is 13.2 Å². The molecular weight excluding hydrogens is 158 g/mol. The van der Waals surface area contributed by atoms with Crippen molar-refractivity contribution in [2.75, 3.05) is 12.8 Å². The molecule has 0 bridgehead atoms. The number of nitrogens with zero attached hydrogens (tertiary/aromatic N) is 2. The quantitative estimate of drug-likeness (QED) is 0.618. The molecule has 2 N–H and O–H groups in total. The lowest BCUT2D eigenvalue weighted by molar-refractivity contribution is -0.139. The maximum atomic E-state index is 10.8. The van der Waals surface area contributed by atoms with Crippen LogP contribution in [0.4, 0.5) is 5.82 Å². The average molecular weight is 169 g/mol. The maximum Gasteiger partial charge on any atom is 0.310 e. The molecule has 0 fully saturated rings. The van der Waals surface area contributed by atoms with Crippen LogP contribution in [-0.4, -0.2) is 22.9 Å². The maximum absolute atomic E-state index is 10.8. The van der Waals surface area contributed by atoms with Gasteiger partial charge in [-0.15, -0.1) is 0 Å². The summed E-state index contributed by atoms with van der Waals surface area (Å²) in [6, 6.07) is 0. The molecule has 1 aromatic rings. The van der Waals surface area contributed by atoms with E-state index >= 15 is 0 Å². The summed E-state index contributed by atoms with van der Waals surface area (Å²) < 4.78 is 6.00. The van der Waals surface area contributed by atoms with E-state index in [9.17, 15) is 4.79 Å². The molecule has 5 nitrogen and oxygen atoms in total. The van der Waals surface area contributed by atoms with Crippen LogP contribution in [0.5, 0.6) is 0 Å². The first-order valence-electron chi connectivity index (χ1n) is 3.48. The van der Waals surface area contributed by atoms with Gasteiger partial charge in [-0.1, -0.05) is 0 Å². The van der Waals surface area contributed by atoms with E-state index in [0.29, 0.717) is 11.4 Å². The van der Waals surface area contributed by atoms with Crippen LogP contribution in [-0.2, 0) is 23.0 Å². The molecule has 0 saturated carbocycles. The number of nitrogens with two attached hydrogens (primary N) is 1. The zero-order chi connectivity index (χ0) is 9.14. The van der Waals surface area contributed by atoms with Gasteiger partial charge in [0, 0.05) is 12.6 Å². The highest BCUT2D eigenvalue weighted by molar-refractivity contribution is 5.73. The van der Waals surface area contributed by atoms with Crippen molar-refractivity contribution in [3.05, 3.63) is 11.8 Å². The third-order valence-electron chi connectivity index (χ3n) is 1.63. The Morgan fingerprint density at radius 2 is 2.50 bits per heavy atom. The third kappa shape index (κ3) is 1.55. The number of ether oxygens (including phenoxy) is 1. The van der Waals surface area contributed by atoms with Crippen LogP contribution in [0.15, 0.2) is 6.20 Å². The minimum atomic E-state index is -0.310. The van der Waals surface area contributed by atoms with Crippen LogP contribution in [0, 0.1) is 0 Å². The molecule has 0 unspecified atom stereocenters. The number of esters is 1. The summed E-state index contributed by atoms with van der Waals surface area (Å²) in [6.07, 6.45) is 1.74. The molecule has 0 spiro atoms. The molecule has 1 rings (SSSR count). The van der Waals surface area contributed by atoms with Crippen LogP contribution >= 0.6 is 0 Å². The summed E-state index contributed by atoms with van der Waals surface area (Å²) in [5, 5.41) is 3.89. The van der Waals surface area contributed by atoms with E-state index in [4.69, 9.17) is 5.73 Å². The van der Waals surface area contributed by atoms with Gasteiger partial charge in [-0.25, -0.2) is 0 Å². The molecule has 0 radical (unpaired) electrons. The van der Waals surface area contributed by atoms with Gasteiger partial charge in [0.15, 0.2) is 0 Å². The summed E-state index contributed by atoms with van der Waals surface area (Å²) in [5.41, 5.74) is 6.30. The normalized spacial score (nSPS) is 9.83. The smallest absolute Gasteiger partial charge is 0.310 e. The van der Waals surface area contributed by atoms with E-state index in [1.165, 1.54) is 11.8 Å². The largest absolute Gasteiger partial charge is 0.469 e. The van der Waals surface area contributed by atoms with Crippen molar-refractivity contribution >= 4 is 11.8 Å². The van der Waals surface area contributed by atoms with Crippen molar-refractivity contribution in [2.45, 2.75) is 6.42 Å². The molecule has 66 valence electrons. The number of hydrogen-bond donors (Lipinski definition) is 1. The first-order valence-corrected chi connectivity index (χ1v) is 3.48. The first-order chi connectivity index (χ1) is 5.65. The number of carbonyl (C=O) groups excluding carboxylic acids is 1. The van der Waals surface area contributed by atoms with Crippen LogP contribution in [0.3, 0.4) is 0 Å². The number of rotatable bonds is 2. The van der Waals surface area contributed by atoms with Crippen molar-refractivity contribution in [1.82, 2.24) is 9.78 Å². The van der Waals surface area contributed by atoms with Crippen molar-refractivity contribution in [2.24, 2.45) is 7.05 Å². The molecule has 5 heteroatoms. The Bertz CT molecular complexity index is 293. The lowest BCUT2D eigenvalue weighted by Gasteiger charge is -1.98.